The Morgan fingerprint density at radius 2 is 1.45 bits per heavy atom. The summed E-state index contributed by atoms with van der Waals surface area (Å²) in [5.74, 6) is 1.92. The standard InChI is InChI=1S/C24H25NO4/c1-18(2)29-23-13-7-9-20(17-23)25-24(26)19-8-6-12-22(16-19)28-15-14-27-21-10-4-3-5-11-21/h3-13,16-18H,14-15H2,1-2H3,(H,25,26). The number of hydrogen-bond donors (Lipinski definition) is 1. The highest BCUT2D eigenvalue weighted by Gasteiger charge is 2.08. The van der Waals surface area contributed by atoms with Gasteiger partial charge in [0.1, 0.15) is 30.5 Å². The van der Waals surface area contributed by atoms with Crippen LogP contribution < -0.4 is 19.5 Å². The molecular weight excluding hydrogens is 366 g/mol. The third-order valence-electron chi connectivity index (χ3n) is 3.92. The zero-order valence-corrected chi connectivity index (χ0v) is 16.6. The molecule has 5 heteroatoms. The van der Waals surface area contributed by atoms with Crippen LogP contribution >= 0.6 is 0 Å². The van der Waals surface area contributed by atoms with Crippen molar-refractivity contribution < 1.29 is 19.0 Å². The minimum Gasteiger partial charge on any atom is -0.491 e. The van der Waals surface area contributed by atoms with Gasteiger partial charge in [0.15, 0.2) is 0 Å². The van der Waals surface area contributed by atoms with Crippen molar-refractivity contribution in [2.24, 2.45) is 0 Å². The monoisotopic (exact) mass is 391 g/mol. The number of amides is 1. The van der Waals surface area contributed by atoms with E-state index in [1.54, 1.807) is 24.3 Å². The third kappa shape index (κ3) is 6.57. The molecule has 3 rings (SSSR count). The lowest BCUT2D eigenvalue weighted by Crippen LogP contribution is -2.13. The van der Waals surface area contributed by atoms with E-state index in [0.717, 1.165) is 5.75 Å². The summed E-state index contributed by atoms with van der Waals surface area (Å²) in [6.07, 6.45) is 0.0700. The molecule has 150 valence electrons. The van der Waals surface area contributed by atoms with Crippen molar-refractivity contribution in [1.29, 1.82) is 0 Å². The maximum Gasteiger partial charge on any atom is 0.255 e. The number of carbonyl (C=O) groups is 1. The number of nitrogens with one attached hydrogen (secondary N) is 1. The molecule has 0 bridgehead atoms. The van der Waals surface area contributed by atoms with Crippen LogP contribution in [-0.4, -0.2) is 25.2 Å². The van der Waals surface area contributed by atoms with Gasteiger partial charge in [-0.05, 0) is 56.3 Å². The second kappa shape index (κ2) is 10.2. The van der Waals surface area contributed by atoms with Gasteiger partial charge < -0.3 is 19.5 Å². The van der Waals surface area contributed by atoms with Crippen LogP contribution in [0, 0.1) is 0 Å². The first-order chi connectivity index (χ1) is 14.1. The Kier molecular flexibility index (Phi) is 7.11. The molecule has 0 aliphatic rings. The Hall–Kier alpha value is -3.47. The molecule has 3 aromatic rings. The highest BCUT2D eigenvalue weighted by atomic mass is 16.5. The predicted octanol–water partition coefficient (Wildman–Crippen LogP) is 5.18. The lowest BCUT2D eigenvalue weighted by Gasteiger charge is -2.12. The SMILES string of the molecule is CC(C)Oc1cccc(NC(=O)c2cccc(OCCOc3ccccc3)c2)c1. The fourth-order valence-electron chi connectivity index (χ4n) is 2.69. The molecular formula is C24H25NO4. The molecule has 0 radical (unpaired) electrons. The largest absolute Gasteiger partial charge is 0.491 e. The lowest BCUT2D eigenvalue weighted by molar-refractivity contribution is 0.102. The maximum atomic E-state index is 12.6. The fraction of sp³-hybridized carbons (Fsp3) is 0.208. The molecule has 0 unspecified atom stereocenters. The number of carbonyl (C=O) groups excluding carboxylic acids is 1. The molecule has 0 spiro atoms. The van der Waals surface area contributed by atoms with Crippen molar-refractivity contribution in [2.75, 3.05) is 18.5 Å². The van der Waals surface area contributed by atoms with E-state index in [1.165, 1.54) is 0 Å². The number of hydrogen-bond acceptors (Lipinski definition) is 4. The predicted molar refractivity (Wildman–Crippen MR) is 114 cm³/mol. The molecule has 0 fully saturated rings. The van der Waals surface area contributed by atoms with Crippen molar-refractivity contribution in [1.82, 2.24) is 0 Å². The first-order valence-corrected chi connectivity index (χ1v) is 9.59. The van der Waals surface area contributed by atoms with Gasteiger partial charge in [0, 0.05) is 17.3 Å². The minimum absolute atomic E-state index is 0.0700. The minimum atomic E-state index is -0.210. The van der Waals surface area contributed by atoms with E-state index in [4.69, 9.17) is 14.2 Å². The van der Waals surface area contributed by atoms with Gasteiger partial charge in [-0.25, -0.2) is 0 Å². The molecule has 0 heterocycles. The second-order valence-corrected chi connectivity index (χ2v) is 6.69. The molecule has 0 saturated heterocycles. The molecule has 29 heavy (non-hydrogen) atoms. The van der Waals surface area contributed by atoms with Crippen molar-refractivity contribution in [3.05, 3.63) is 84.4 Å². The third-order valence-corrected chi connectivity index (χ3v) is 3.92. The Morgan fingerprint density at radius 3 is 2.21 bits per heavy atom. The van der Waals surface area contributed by atoms with E-state index in [2.05, 4.69) is 5.32 Å². The summed E-state index contributed by atoms with van der Waals surface area (Å²) < 4.78 is 17.0. The van der Waals surface area contributed by atoms with E-state index in [9.17, 15) is 4.79 Å². The molecule has 1 N–H and O–H groups in total. The van der Waals surface area contributed by atoms with Crippen molar-refractivity contribution in [2.45, 2.75) is 20.0 Å². The molecule has 0 atom stereocenters. The maximum absolute atomic E-state index is 12.6. The number of para-hydroxylation sites is 1. The fourth-order valence-corrected chi connectivity index (χ4v) is 2.69. The quantitative estimate of drug-likeness (QED) is 0.511. The van der Waals surface area contributed by atoms with Crippen LogP contribution in [0.2, 0.25) is 0 Å². The molecule has 0 aliphatic heterocycles. The Balaban J connectivity index is 1.54. The van der Waals surface area contributed by atoms with Gasteiger partial charge in [0.05, 0.1) is 6.10 Å². The van der Waals surface area contributed by atoms with Crippen LogP contribution in [0.5, 0.6) is 17.2 Å². The average molecular weight is 391 g/mol. The zero-order valence-electron chi connectivity index (χ0n) is 16.6. The van der Waals surface area contributed by atoms with Crippen molar-refractivity contribution in [3.8, 4) is 17.2 Å². The van der Waals surface area contributed by atoms with E-state index in [-0.39, 0.29) is 12.0 Å². The number of ether oxygens (including phenoxy) is 3. The second-order valence-electron chi connectivity index (χ2n) is 6.69. The average Bonchev–Trinajstić information content (AvgIpc) is 2.72. The molecule has 5 nitrogen and oxygen atoms in total. The Bertz CT molecular complexity index is 925. The summed E-state index contributed by atoms with van der Waals surface area (Å²) in [6.45, 7) is 4.72. The van der Waals surface area contributed by atoms with Crippen LogP contribution in [0.4, 0.5) is 5.69 Å². The first kappa shape index (κ1) is 20.3. The first-order valence-electron chi connectivity index (χ1n) is 9.59. The normalized spacial score (nSPS) is 10.4. The van der Waals surface area contributed by atoms with Crippen LogP contribution in [-0.2, 0) is 0 Å². The number of anilines is 1. The van der Waals surface area contributed by atoms with Crippen LogP contribution in [0.15, 0.2) is 78.9 Å². The van der Waals surface area contributed by atoms with E-state index in [1.807, 2.05) is 68.4 Å². The molecule has 1 amide bonds. The van der Waals surface area contributed by atoms with E-state index in [0.29, 0.717) is 36.0 Å². The molecule has 0 aromatic heterocycles. The molecule has 3 aromatic carbocycles. The van der Waals surface area contributed by atoms with Crippen LogP contribution in [0.3, 0.4) is 0 Å². The van der Waals surface area contributed by atoms with Gasteiger partial charge >= 0.3 is 0 Å². The smallest absolute Gasteiger partial charge is 0.255 e. The van der Waals surface area contributed by atoms with Gasteiger partial charge in [-0.2, -0.15) is 0 Å². The lowest BCUT2D eigenvalue weighted by atomic mass is 10.2. The van der Waals surface area contributed by atoms with Crippen LogP contribution in [0.25, 0.3) is 0 Å². The Morgan fingerprint density at radius 1 is 0.793 bits per heavy atom. The van der Waals surface area contributed by atoms with Gasteiger partial charge in [0.2, 0.25) is 0 Å². The van der Waals surface area contributed by atoms with Gasteiger partial charge in [-0.15, -0.1) is 0 Å². The summed E-state index contributed by atoms with van der Waals surface area (Å²) in [6, 6.07) is 24.0. The van der Waals surface area contributed by atoms with Crippen molar-refractivity contribution in [3.63, 3.8) is 0 Å². The summed E-state index contributed by atoms with van der Waals surface area (Å²) >= 11 is 0. The molecule has 0 saturated carbocycles. The van der Waals surface area contributed by atoms with Crippen LogP contribution in [0.1, 0.15) is 24.2 Å². The summed E-state index contributed by atoms with van der Waals surface area (Å²) in [7, 11) is 0. The van der Waals surface area contributed by atoms with E-state index < -0.39 is 0 Å². The van der Waals surface area contributed by atoms with Crippen molar-refractivity contribution >= 4 is 11.6 Å². The van der Waals surface area contributed by atoms with Gasteiger partial charge in [0.25, 0.3) is 5.91 Å². The topological polar surface area (TPSA) is 56.8 Å². The summed E-state index contributed by atoms with van der Waals surface area (Å²) in [5.41, 5.74) is 1.19. The number of rotatable bonds is 9. The van der Waals surface area contributed by atoms with Gasteiger partial charge in [-0.3, -0.25) is 4.79 Å². The van der Waals surface area contributed by atoms with Gasteiger partial charge in [-0.1, -0.05) is 30.3 Å². The molecule has 0 aliphatic carbocycles. The Labute approximate surface area is 171 Å². The highest BCUT2D eigenvalue weighted by molar-refractivity contribution is 6.04. The highest BCUT2D eigenvalue weighted by Crippen LogP contribution is 2.20. The summed E-state index contributed by atoms with van der Waals surface area (Å²) in [5, 5.41) is 2.89. The van der Waals surface area contributed by atoms with E-state index >= 15 is 0 Å². The zero-order chi connectivity index (χ0) is 20.5. The number of benzene rings is 3. The summed E-state index contributed by atoms with van der Waals surface area (Å²) in [4.78, 5) is 12.6.